The highest BCUT2D eigenvalue weighted by Crippen LogP contribution is 2.39. The van der Waals surface area contributed by atoms with E-state index in [1.165, 1.54) is 15.7 Å². The Morgan fingerprint density at radius 1 is 1.16 bits per heavy atom. The molecule has 0 aliphatic rings. The summed E-state index contributed by atoms with van der Waals surface area (Å²) < 4.78 is 7.60. The fourth-order valence-corrected chi connectivity index (χ4v) is 4.31. The summed E-state index contributed by atoms with van der Waals surface area (Å²) in [7, 11) is 0. The summed E-state index contributed by atoms with van der Waals surface area (Å²) in [5, 5.41) is 9.38. The largest absolute Gasteiger partial charge is 0.462 e. The number of rotatable bonds is 6. The van der Waals surface area contributed by atoms with Crippen molar-refractivity contribution >= 4 is 45.5 Å². The molecule has 0 fully saturated rings. The number of carbonyl (C=O) groups is 2. The Labute approximate surface area is 185 Å². The van der Waals surface area contributed by atoms with Crippen molar-refractivity contribution < 1.29 is 14.3 Å². The first-order chi connectivity index (χ1) is 15.0. The number of hydrogen-bond donors (Lipinski definition) is 1. The lowest BCUT2D eigenvalue weighted by Crippen LogP contribution is -2.28. The Kier molecular flexibility index (Phi) is 5.88. The van der Waals surface area contributed by atoms with Crippen LogP contribution in [0, 0.1) is 0 Å². The molecule has 3 heterocycles. The number of aromatic nitrogens is 3. The summed E-state index contributed by atoms with van der Waals surface area (Å²) in [5.41, 5.74) is 1.44. The number of anilines is 1. The maximum atomic E-state index is 12.7. The van der Waals surface area contributed by atoms with Gasteiger partial charge in [-0.15, -0.1) is 16.4 Å². The van der Waals surface area contributed by atoms with E-state index in [0.717, 1.165) is 4.68 Å². The van der Waals surface area contributed by atoms with Crippen molar-refractivity contribution in [3.63, 3.8) is 0 Å². The van der Waals surface area contributed by atoms with Crippen LogP contribution < -0.4 is 11.0 Å². The van der Waals surface area contributed by atoms with Crippen LogP contribution in [0.5, 0.6) is 0 Å². The minimum absolute atomic E-state index is 0.181. The predicted octanol–water partition coefficient (Wildman–Crippen LogP) is 3.69. The van der Waals surface area contributed by atoms with E-state index < -0.39 is 17.6 Å². The van der Waals surface area contributed by atoms with E-state index in [2.05, 4.69) is 10.4 Å². The van der Waals surface area contributed by atoms with Crippen LogP contribution in [0.15, 0.2) is 58.8 Å². The van der Waals surface area contributed by atoms with Gasteiger partial charge in [-0.2, -0.15) is 0 Å². The van der Waals surface area contributed by atoms with Crippen LogP contribution >= 0.6 is 22.9 Å². The summed E-state index contributed by atoms with van der Waals surface area (Å²) in [6, 6.07) is 12.2. The van der Waals surface area contributed by atoms with Gasteiger partial charge in [0.2, 0.25) is 5.91 Å². The highest BCUT2D eigenvalue weighted by Gasteiger charge is 2.24. The zero-order valence-electron chi connectivity index (χ0n) is 16.4. The number of nitrogens with one attached hydrogen (secondary N) is 1. The zero-order chi connectivity index (χ0) is 22.0. The Morgan fingerprint density at radius 2 is 1.94 bits per heavy atom. The minimum Gasteiger partial charge on any atom is -0.462 e. The maximum Gasteiger partial charge on any atom is 0.350 e. The molecule has 0 spiro atoms. The van der Waals surface area contributed by atoms with E-state index in [1.54, 1.807) is 54.9 Å². The number of halogens is 1. The predicted molar refractivity (Wildman–Crippen MR) is 119 cm³/mol. The molecule has 0 radical (unpaired) electrons. The van der Waals surface area contributed by atoms with Crippen molar-refractivity contribution in [3.8, 4) is 11.1 Å². The molecule has 1 aromatic carbocycles. The van der Waals surface area contributed by atoms with E-state index in [1.807, 2.05) is 6.07 Å². The van der Waals surface area contributed by atoms with Crippen LogP contribution in [-0.4, -0.2) is 32.7 Å². The monoisotopic (exact) mass is 456 g/mol. The highest BCUT2D eigenvalue weighted by atomic mass is 35.5. The molecule has 0 bridgehead atoms. The molecule has 0 saturated heterocycles. The lowest BCUT2D eigenvalue weighted by atomic mass is 10.0. The third-order valence-electron chi connectivity index (χ3n) is 4.47. The van der Waals surface area contributed by atoms with Gasteiger partial charge in [0.1, 0.15) is 17.1 Å². The van der Waals surface area contributed by atoms with Crippen LogP contribution in [0.2, 0.25) is 5.02 Å². The third-order valence-corrected chi connectivity index (χ3v) is 5.69. The van der Waals surface area contributed by atoms with Crippen molar-refractivity contribution in [3.05, 3.63) is 75.1 Å². The van der Waals surface area contributed by atoms with E-state index >= 15 is 0 Å². The molecule has 0 saturated carbocycles. The summed E-state index contributed by atoms with van der Waals surface area (Å²) >= 11 is 7.49. The van der Waals surface area contributed by atoms with Gasteiger partial charge in [0.05, 0.1) is 6.61 Å². The smallest absolute Gasteiger partial charge is 0.350 e. The number of thiophene rings is 1. The number of benzene rings is 1. The van der Waals surface area contributed by atoms with Gasteiger partial charge in [-0.1, -0.05) is 35.9 Å². The normalized spacial score (nSPS) is 10.9. The van der Waals surface area contributed by atoms with Crippen LogP contribution in [0.4, 0.5) is 5.00 Å². The molecule has 31 heavy (non-hydrogen) atoms. The van der Waals surface area contributed by atoms with Gasteiger partial charge in [0, 0.05) is 27.7 Å². The molecule has 0 unspecified atom stereocenters. The van der Waals surface area contributed by atoms with E-state index in [-0.39, 0.29) is 18.7 Å². The summed E-state index contributed by atoms with van der Waals surface area (Å²) in [5.74, 6) is -1.07. The average molecular weight is 457 g/mol. The third kappa shape index (κ3) is 4.10. The van der Waals surface area contributed by atoms with Crippen LogP contribution in [-0.2, 0) is 16.1 Å². The Balaban J connectivity index is 1.65. The Morgan fingerprint density at radius 3 is 2.68 bits per heavy atom. The van der Waals surface area contributed by atoms with Gasteiger partial charge >= 0.3 is 11.7 Å². The van der Waals surface area contributed by atoms with Crippen molar-refractivity contribution in [2.45, 2.75) is 13.5 Å². The molecule has 4 rings (SSSR count). The van der Waals surface area contributed by atoms with E-state index in [9.17, 15) is 14.4 Å². The van der Waals surface area contributed by atoms with E-state index in [0.29, 0.717) is 26.8 Å². The molecule has 158 valence electrons. The number of nitrogens with zero attached hydrogens (tertiary/aromatic N) is 3. The number of carbonyl (C=O) groups excluding carboxylic acids is 2. The fourth-order valence-electron chi connectivity index (χ4n) is 3.11. The molecule has 0 atom stereocenters. The van der Waals surface area contributed by atoms with Gasteiger partial charge in [-0.25, -0.2) is 14.3 Å². The summed E-state index contributed by atoms with van der Waals surface area (Å²) in [4.78, 5) is 37.7. The first kappa shape index (κ1) is 20.8. The molecule has 4 aromatic rings. The van der Waals surface area contributed by atoms with Gasteiger partial charge in [0.15, 0.2) is 5.65 Å². The van der Waals surface area contributed by atoms with Crippen LogP contribution in [0.3, 0.4) is 0 Å². The lowest BCUT2D eigenvalue weighted by Gasteiger charge is -2.09. The van der Waals surface area contributed by atoms with Crippen LogP contribution in [0.1, 0.15) is 17.3 Å². The molecular weight excluding hydrogens is 440 g/mol. The minimum atomic E-state index is -0.570. The topological polar surface area (TPSA) is 94.7 Å². The molecular formula is C21H17ClN4O4S. The first-order valence-electron chi connectivity index (χ1n) is 9.37. The number of fused-ring (bicyclic) bond motifs is 1. The second kappa shape index (κ2) is 8.75. The SMILES string of the molecule is CCOC(=O)c1c(-c2ccccc2Cl)csc1NC(=O)Cn1nc2ccccn2c1=O. The highest BCUT2D eigenvalue weighted by molar-refractivity contribution is 7.15. The molecule has 8 nitrogen and oxygen atoms in total. The number of amides is 1. The Bertz CT molecular complexity index is 1340. The Hall–Kier alpha value is -3.43. The summed E-state index contributed by atoms with van der Waals surface area (Å²) in [6.45, 7) is 1.58. The fraction of sp³-hybridized carbons (Fsp3) is 0.143. The molecule has 10 heteroatoms. The van der Waals surface area contributed by atoms with Crippen molar-refractivity contribution in [2.75, 3.05) is 11.9 Å². The number of ether oxygens (including phenoxy) is 1. The van der Waals surface area contributed by atoms with Crippen molar-refractivity contribution in [1.82, 2.24) is 14.2 Å². The number of esters is 1. The molecule has 0 aliphatic heterocycles. The number of pyridine rings is 1. The molecule has 3 aromatic heterocycles. The zero-order valence-corrected chi connectivity index (χ0v) is 17.9. The lowest BCUT2D eigenvalue weighted by molar-refractivity contribution is -0.116. The van der Waals surface area contributed by atoms with Crippen molar-refractivity contribution in [2.24, 2.45) is 0 Å². The van der Waals surface area contributed by atoms with Gasteiger partial charge in [-0.3, -0.25) is 9.20 Å². The number of hydrogen-bond acceptors (Lipinski definition) is 6. The van der Waals surface area contributed by atoms with Gasteiger partial charge in [0.25, 0.3) is 0 Å². The summed E-state index contributed by atoms with van der Waals surface area (Å²) in [6.07, 6.45) is 1.58. The standard InChI is InChI=1S/C21H17ClN4O4S/c1-2-30-20(28)18-14(13-7-3-4-8-15(13)22)12-31-19(18)23-17(27)11-26-21(29)25-10-6-5-9-16(25)24-26/h3-10,12H,2,11H2,1H3,(H,23,27). The van der Waals surface area contributed by atoms with Crippen LogP contribution in [0.25, 0.3) is 16.8 Å². The molecule has 0 aliphatic carbocycles. The van der Waals surface area contributed by atoms with Gasteiger partial charge < -0.3 is 10.1 Å². The molecule has 1 amide bonds. The van der Waals surface area contributed by atoms with Crippen molar-refractivity contribution in [1.29, 1.82) is 0 Å². The molecule has 1 N–H and O–H groups in total. The first-order valence-corrected chi connectivity index (χ1v) is 10.6. The quantitative estimate of drug-likeness (QED) is 0.446. The van der Waals surface area contributed by atoms with Gasteiger partial charge in [-0.05, 0) is 25.1 Å². The average Bonchev–Trinajstić information content (AvgIpc) is 3.30. The second-order valence-electron chi connectivity index (χ2n) is 6.47. The second-order valence-corrected chi connectivity index (χ2v) is 7.76. The maximum absolute atomic E-state index is 12.7. The van der Waals surface area contributed by atoms with E-state index in [4.69, 9.17) is 16.3 Å².